The van der Waals surface area contributed by atoms with Crippen molar-refractivity contribution in [2.45, 2.75) is 38.1 Å². The zero-order valence-corrected chi connectivity index (χ0v) is 12.9. The van der Waals surface area contributed by atoms with Gasteiger partial charge >= 0.3 is 0 Å². The second-order valence-corrected chi connectivity index (χ2v) is 7.42. The summed E-state index contributed by atoms with van der Waals surface area (Å²) in [7, 11) is 0. The summed E-state index contributed by atoms with van der Waals surface area (Å²) in [5, 5.41) is 1.11. The molecule has 1 aromatic carbocycles. The first kappa shape index (κ1) is 12.6. The lowest BCUT2D eigenvalue weighted by Gasteiger charge is -2.34. The summed E-state index contributed by atoms with van der Waals surface area (Å²) in [6.45, 7) is 2.31. The molecule has 0 radical (unpaired) electrons. The second-order valence-electron chi connectivity index (χ2n) is 5.47. The minimum atomic E-state index is -0.192. The van der Waals surface area contributed by atoms with Crippen LogP contribution in [0.25, 0.3) is 10.2 Å². The highest BCUT2D eigenvalue weighted by molar-refractivity contribution is 9.10. The van der Waals surface area contributed by atoms with E-state index in [1.165, 1.54) is 17.5 Å². The van der Waals surface area contributed by atoms with Crippen molar-refractivity contribution in [1.29, 1.82) is 0 Å². The number of benzene rings is 1. The molecule has 0 amide bonds. The summed E-state index contributed by atoms with van der Waals surface area (Å²) in [4.78, 5) is 4.75. The number of fused-ring (bicyclic) bond motifs is 1. The Morgan fingerprint density at radius 2 is 2.11 bits per heavy atom. The van der Waals surface area contributed by atoms with Crippen molar-refractivity contribution in [1.82, 2.24) is 4.98 Å². The fraction of sp³-hybridized carbons (Fsp3) is 0.500. The number of aromatic nitrogens is 1. The van der Waals surface area contributed by atoms with Crippen molar-refractivity contribution in [2.24, 2.45) is 11.7 Å². The Hall–Kier alpha value is -0.450. The Balaban J connectivity index is 1.98. The summed E-state index contributed by atoms with van der Waals surface area (Å²) < 4.78 is 2.33. The molecule has 1 aromatic heterocycles. The van der Waals surface area contributed by atoms with Gasteiger partial charge < -0.3 is 5.73 Å². The van der Waals surface area contributed by atoms with Gasteiger partial charge in [-0.3, -0.25) is 0 Å². The van der Waals surface area contributed by atoms with Crippen LogP contribution in [0.2, 0.25) is 0 Å². The second kappa shape index (κ2) is 4.58. The molecule has 2 nitrogen and oxygen atoms in total. The highest BCUT2D eigenvalue weighted by Crippen LogP contribution is 2.40. The summed E-state index contributed by atoms with van der Waals surface area (Å²) in [5.74, 6) is 0.810. The summed E-state index contributed by atoms with van der Waals surface area (Å²) >= 11 is 5.26. The van der Waals surface area contributed by atoms with Crippen molar-refractivity contribution in [3.05, 3.63) is 27.7 Å². The van der Waals surface area contributed by atoms with E-state index in [9.17, 15) is 0 Å². The molecule has 2 aromatic rings. The lowest BCUT2D eigenvalue weighted by molar-refractivity contribution is 0.247. The van der Waals surface area contributed by atoms with Crippen molar-refractivity contribution in [3.8, 4) is 0 Å². The van der Waals surface area contributed by atoms with E-state index in [-0.39, 0.29) is 5.54 Å². The van der Waals surface area contributed by atoms with E-state index in [2.05, 4.69) is 35.0 Å². The number of nitrogens with two attached hydrogens (primary N) is 1. The molecule has 0 saturated heterocycles. The largest absolute Gasteiger partial charge is 0.319 e. The molecule has 0 bridgehead atoms. The summed E-state index contributed by atoms with van der Waals surface area (Å²) in [6.07, 6.45) is 4.57. The van der Waals surface area contributed by atoms with Crippen LogP contribution in [-0.4, -0.2) is 4.98 Å². The molecule has 1 fully saturated rings. The average molecular weight is 325 g/mol. The van der Waals surface area contributed by atoms with E-state index in [4.69, 9.17) is 10.7 Å². The monoisotopic (exact) mass is 324 g/mol. The number of hydrogen-bond donors (Lipinski definition) is 1. The molecular formula is C14H17BrN2S. The SMILES string of the molecule is CC1CCC(N)(c2nc3ccc(Br)cc3s2)CC1. The number of thiazole rings is 1. The van der Waals surface area contributed by atoms with Gasteiger partial charge in [0.05, 0.1) is 15.8 Å². The first-order valence-electron chi connectivity index (χ1n) is 6.42. The van der Waals surface area contributed by atoms with E-state index in [0.717, 1.165) is 33.8 Å². The average Bonchev–Trinajstić information content (AvgIpc) is 2.77. The third-order valence-corrected chi connectivity index (χ3v) is 5.67. The van der Waals surface area contributed by atoms with Gasteiger partial charge in [0, 0.05) is 4.47 Å². The number of hydrogen-bond acceptors (Lipinski definition) is 3. The van der Waals surface area contributed by atoms with Gasteiger partial charge in [0.15, 0.2) is 0 Å². The topological polar surface area (TPSA) is 38.9 Å². The number of halogens is 1. The van der Waals surface area contributed by atoms with Crippen molar-refractivity contribution >= 4 is 37.5 Å². The molecule has 96 valence electrons. The van der Waals surface area contributed by atoms with Crippen LogP contribution in [0.1, 0.15) is 37.6 Å². The molecule has 1 heterocycles. The summed E-state index contributed by atoms with van der Waals surface area (Å²) in [6, 6.07) is 6.23. The van der Waals surface area contributed by atoms with Crippen LogP contribution in [0.4, 0.5) is 0 Å². The van der Waals surface area contributed by atoms with Crippen LogP contribution in [0.5, 0.6) is 0 Å². The van der Waals surface area contributed by atoms with Gasteiger partial charge in [-0.05, 0) is 49.8 Å². The fourth-order valence-corrected chi connectivity index (χ4v) is 4.28. The van der Waals surface area contributed by atoms with Crippen LogP contribution in [0.15, 0.2) is 22.7 Å². The highest BCUT2D eigenvalue weighted by atomic mass is 79.9. The van der Waals surface area contributed by atoms with Crippen LogP contribution in [0.3, 0.4) is 0 Å². The number of rotatable bonds is 1. The zero-order chi connectivity index (χ0) is 12.8. The Kier molecular flexibility index (Phi) is 3.20. The Labute approximate surface area is 120 Å². The van der Waals surface area contributed by atoms with Gasteiger partial charge in [-0.1, -0.05) is 22.9 Å². The van der Waals surface area contributed by atoms with Crippen LogP contribution in [0, 0.1) is 5.92 Å². The molecule has 0 unspecified atom stereocenters. The molecule has 1 aliphatic rings. The minimum Gasteiger partial charge on any atom is -0.319 e. The van der Waals surface area contributed by atoms with Crippen LogP contribution in [-0.2, 0) is 5.54 Å². The molecule has 18 heavy (non-hydrogen) atoms. The molecule has 1 saturated carbocycles. The lowest BCUT2D eigenvalue weighted by Crippen LogP contribution is -2.40. The maximum absolute atomic E-state index is 6.58. The molecule has 0 spiro atoms. The van der Waals surface area contributed by atoms with E-state index in [0.29, 0.717) is 0 Å². The predicted molar refractivity (Wildman–Crippen MR) is 80.8 cm³/mol. The quantitative estimate of drug-likeness (QED) is 0.843. The molecule has 0 atom stereocenters. The molecule has 2 N–H and O–H groups in total. The van der Waals surface area contributed by atoms with Crippen LogP contribution >= 0.6 is 27.3 Å². The first-order chi connectivity index (χ1) is 8.57. The van der Waals surface area contributed by atoms with Crippen LogP contribution < -0.4 is 5.73 Å². The van der Waals surface area contributed by atoms with E-state index in [1.807, 2.05) is 6.07 Å². The minimum absolute atomic E-state index is 0.192. The normalized spacial score (nSPS) is 28.7. The van der Waals surface area contributed by atoms with E-state index in [1.54, 1.807) is 11.3 Å². The van der Waals surface area contributed by atoms with E-state index < -0.39 is 0 Å². The first-order valence-corrected chi connectivity index (χ1v) is 8.03. The molecule has 1 aliphatic carbocycles. The maximum Gasteiger partial charge on any atom is 0.114 e. The predicted octanol–water partition coefficient (Wildman–Crippen LogP) is 4.42. The summed E-state index contributed by atoms with van der Waals surface area (Å²) in [5.41, 5.74) is 7.46. The fourth-order valence-electron chi connectivity index (χ4n) is 2.60. The highest BCUT2D eigenvalue weighted by Gasteiger charge is 2.34. The lowest BCUT2D eigenvalue weighted by atomic mass is 9.78. The smallest absolute Gasteiger partial charge is 0.114 e. The molecule has 0 aliphatic heterocycles. The Morgan fingerprint density at radius 1 is 1.39 bits per heavy atom. The third kappa shape index (κ3) is 2.22. The maximum atomic E-state index is 6.58. The van der Waals surface area contributed by atoms with Gasteiger partial charge in [0.25, 0.3) is 0 Å². The van der Waals surface area contributed by atoms with Crippen molar-refractivity contribution < 1.29 is 0 Å². The van der Waals surface area contributed by atoms with Gasteiger partial charge in [-0.25, -0.2) is 4.98 Å². The van der Waals surface area contributed by atoms with Gasteiger partial charge in [-0.15, -0.1) is 11.3 Å². The van der Waals surface area contributed by atoms with Gasteiger partial charge in [0.1, 0.15) is 5.01 Å². The molecule has 4 heteroatoms. The van der Waals surface area contributed by atoms with E-state index >= 15 is 0 Å². The molecular weight excluding hydrogens is 308 g/mol. The Bertz CT molecular complexity index is 570. The number of nitrogens with zero attached hydrogens (tertiary/aromatic N) is 1. The standard InChI is InChI=1S/C14H17BrN2S/c1-9-4-6-14(16,7-5-9)13-17-11-3-2-10(15)8-12(11)18-13/h2-3,8-9H,4-7,16H2,1H3. The van der Waals surface area contributed by atoms with Crippen molar-refractivity contribution in [3.63, 3.8) is 0 Å². The third-order valence-electron chi connectivity index (χ3n) is 3.94. The Morgan fingerprint density at radius 3 is 2.83 bits per heavy atom. The van der Waals surface area contributed by atoms with Gasteiger partial charge in [-0.2, -0.15) is 0 Å². The molecule has 3 rings (SSSR count). The van der Waals surface area contributed by atoms with Gasteiger partial charge in [0.2, 0.25) is 0 Å². The zero-order valence-electron chi connectivity index (χ0n) is 10.4. The van der Waals surface area contributed by atoms with Crippen molar-refractivity contribution in [2.75, 3.05) is 0 Å².